The van der Waals surface area contributed by atoms with Crippen molar-refractivity contribution in [1.82, 2.24) is 0 Å². The number of nitrogens with two attached hydrogens (primary N) is 1. The smallest absolute Gasteiger partial charge is 0.282 e. The second-order valence-electron chi connectivity index (χ2n) is 6.39. The van der Waals surface area contributed by atoms with Gasteiger partial charge in [-0.05, 0) is 25.1 Å². The molecule has 27 heavy (non-hydrogen) atoms. The van der Waals surface area contributed by atoms with E-state index in [4.69, 9.17) is 11.6 Å². The Morgan fingerprint density at radius 1 is 0.963 bits per heavy atom. The summed E-state index contributed by atoms with van der Waals surface area (Å²) in [6, 6.07) is 23.6. The average molecular weight is 384 g/mol. The van der Waals surface area contributed by atoms with Gasteiger partial charge in [-0.2, -0.15) is 0 Å². The number of anilines is 1. The van der Waals surface area contributed by atoms with Gasteiger partial charge in [-0.15, -0.1) is 0 Å². The summed E-state index contributed by atoms with van der Waals surface area (Å²) in [6.07, 6.45) is 0. The van der Waals surface area contributed by atoms with Crippen LogP contribution in [-0.4, -0.2) is 11.9 Å². The summed E-state index contributed by atoms with van der Waals surface area (Å²) in [5, 5.41) is 4.97. The Hall–Kier alpha value is -2.69. The molecule has 0 aliphatic carbocycles. The van der Waals surface area contributed by atoms with E-state index in [0.29, 0.717) is 5.69 Å². The van der Waals surface area contributed by atoms with Crippen molar-refractivity contribution in [2.24, 2.45) is 0 Å². The van der Waals surface area contributed by atoms with Crippen molar-refractivity contribution >= 4 is 23.2 Å². The van der Waals surface area contributed by atoms with Crippen molar-refractivity contribution in [3.05, 3.63) is 101 Å². The number of hydrogen-bond acceptors (Lipinski definition) is 1. The molecule has 3 rings (SSSR count). The first-order valence-corrected chi connectivity index (χ1v) is 9.13. The standard InChI is InChI=1S/C22H20ClFN2O/c1-15(22(27)26-20-13-12-18(24)14-19(20)23)25-21(16-8-4-2-5-9-16)17-10-6-3-7-11-17/h2-15,21,25H,1H3,(H,26,27)/p+1/t15-/m1/s1. The van der Waals surface area contributed by atoms with Gasteiger partial charge in [-0.1, -0.05) is 72.3 Å². The lowest BCUT2D eigenvalue weighted by Gasteiger charge is -2.21. The van der Waals surface area contributed by atoms with Crippen LogP contribution in [0.3, 0.4) is 0 Å². The third-order valence-corrected chi connectivity index (χ3v) is 4.71. The summed E-state index contributed by atoms with van der Waals surface area (Å²) >= 11 is 6.01. The van der Waals surface area contributed by atoms with E-state index >= 15 is 0 Å². The van der Waals surface area contributed by atoms with Gasteiger partial charge >= 0.3 is 0 Å². The van der Waals surface area contributed by atoms with Crippen molar-refractivity contribution in [3.63, 3.8) is 0 Å². The predicted octanol–water partition coefficient (Wildman–Crippen LogP) is 4.16. The monoisotopic (exact) mass is 383 g/mol. The Balaban J connectivity index is 1.78. The van der Waals surface area contributed by atoms with Gasteiger partial charge in [0.05, 0.1) is 10.7 Å². The molecule has 138 valence electrons. The van der Waals surface area contributed by atoms with Crippen LogP contribution in [0.2, 0.25) is 5.02 Å². The van der Waals surface area contributed by atoms with Crippen LogP contribution in [0.15, 0.2) is 78.9 Å². The minimum Gasteiger partial charge on any atom is -0.326 e. The molecule has 0 bridgehead atoms. The third-order valence-electron chi connectivity index (χ3n) is 4.40. The fourth-order valence-electron chi connectivity index (χ4n) is 2.95. The van der Waals surface area contributed by atoms with Gasteiger partial charge in [0.2, 0.25) is 0 Å². The van der Waals surface area contributed by atoms with Gasteiger partial charge < -0.3 is 10.6 Å². The van der Waals surface area contributed by atoms with Gasteiger partial charge in [-0.3, -0.25) is 4.79 Å². The fourth-order valence-corrected chi connectivity index (χ4v) is 3.16. The summed E-state index contributed by atoms with van der Waals surface area (Å²) in [5.74, 6) is -0.633. The fraction of sp³-hybridized carbons (Fsp3) is 0.136. The molecule has 0 saturated heterocycles. The van der Waals surface area contributed by atoms with E-state index in [1.54, 1.807) is 0 Å². The molecule has 0 heterocycles. The van der Waals surface area contributed by atoms with Gasteiger partial charge in [0.1, 0.15) is 11.9 Å². The van der Waals surface area contributed by atoms with E-state index < -0.39 is 5.82 Å². The Kier molecular flexibility index (Phi) is 6.22. The SMILES string of the molecule is C[C@@H]([NH2+]C(c1ccccc1)c1ccccc1)C(=O)Nc1ccc(F)cc1Cl. The molecule has 3 aromatic carbocycles. The Labute approximate surface area is 163 Å². The summed E-state index contributed by atoms with van der Waals surface area (Å²) in [4.78, 5) is 12.7. The number of benzene rings is 3. The first-order valence-electron chi connectivity index (χ1n) is 8.75. The molecule has 3 N–H and O–H groups in total. The number of amides is 1. The Morgan fingerprint density at radius 2 is 1.52 bits per heavy atom. The van der Waals surface area contributed by atoms with Crippen LogP contribution < -0.4 is 10.6 Å². The number of halogens is 2. The van der Waals surface area contributed by atoms with Crippen molar-refractivity contribution in [2.75, 3.05) is 5.32 Å². The molecule has 0 spiro atoms. The minimum atomic E-state index is -0.439. The zero-order valence-corrected chi connectivity index (χ0v) is 15.7. The molecular formula is C22H21ClFN2O+. The molecule has 0 unspecified atom stereocenters. The maximum absolute atomic E-state index is 13.2. The molecule has 3 aromatic rings. The second kappa shape index (κ2) is 8.80. The van der Waals surface area contributed by atoms with Crippen LogP contribution in [-0.2, 0) is 4.79 Å². The number of nitrogens with one attached hydrogen (secondary N) is 1. The van der Waals surface area contributed by atoms with Gasteiger partial charge in [-0.25, -0.2) is 4.39 Å². The highest BCUT2D eigenvalue weighted by atomic mass is 35.5. The van der Waals surface area contributed by atoms with Gasteiger partial charge in [0.15, 0.2) is 6.04 Å². The van der Waals surface area contributed by atoms with Crippen LogP contribution in [0.1, 0.15) is 24.1 Å². The number of hydrogen-bond donors (Lipinski definition) is 2. The van der Waals surface area contributed by atoms with E-state index in [9.17, 15) is 9.18 Å². The molecule has 0 fully saturated rings. The molecule has 3 nitrogen and oxygen atoms in total. The zero-order valence-electron chi connectivity index (χ0n) is 14.9. The Bertz CT molecular complexity index is 863. The van der Waals surface area contributed by atoms with E-state index in [2.05, 4.69) is 29.6 Å². The zero-order chi connectivity index (χ0) is 19.2. The van der Waals surface area contributed by atoms with Crippen molar-refractivity contribution in [2.45, 2.75) is 19.0 Å². The van der Waals surface area contributed by atoms with Crippen LogP contribution in [0, 0.1) is 5.82 Å². The third kappa shape index (κ3) is 4.94. The molecule has 0 radical (unpaired) electrons. The largest absolute Gasteiger partial charge is 0.326 e. The maximum Gasteiger partial charge on any atom is 0.282 e. The summed E-state index contributed by atoms with van der Waals surface area (Å²) in [6.45, 7) is 1.84. The first kappa shape index (κ1) is 19.1. The average Bonchev–Trinajstić information content (AvgIpc) is 2.69. The molecule has 0 aliphatic rings. The topological polar surface area (TPSA) is 45.7 Å². The van der Waals surface area contributed by atoms with Crippen molar-refractivity contribution in [3.8, 4) is 0 Å². The molecule has 5 heteroatoms. The number of carbonyl (C=O) groups is 1. The molecule has 0 saturated carbocycles. The lowest BCUT2D eigenvalue weighted by Crippen LogP contribution is -2.92. The quantitative estimate of drug-likeness (QED) is 0.659. The van der Waals surface area contributed by atoms with Crippen molar-refractivity contribution in [1.29, 1.82) is 0 Å². The molecule has 0 aromatic heterocycles. The van der Waals surface area contributed by atoms with E-state index in [1.807, 2.05) is 48.6 Å². The molecule has 0 aliphatic heterocycles. The number of rotatable bonds is 6. The van der Waals surface area contributed by atoms with Gasteiger partial charge in [0.25, 0.3) is 5.91 Å². The lowest BCUT2D eigenvalue weighted by atomic mass is 9.98. The summed E-state index contributed by atoms with van der Waals surface area (Å²) in [5.41, 5.74) is 2.63. The minimum absolute atomic E-state index is 0.0168. The van der Waals surface area contributed by atoms with Crippen LogP contribution in [0.4, 0.5) is 10.1 Å². The second-order valence-corrected chi connectivity index (χ2v) is 6.80. The van der Waals surface area contributed by atoms with Gasteiger partial charge in [0, 0.05) is 11.1 Å². The maximum atomic E-state index is 13.2. The predicted molar refractivity (Wildman–Crippen MR) is 106 cm³/mol. The highest BCUT2D eigenvalue weighted by molar-refractivity contribution is 6.33. The van der Waals surface area contributed by atoms with Crippen molar-refractivity contribution < 1.29 is 14.5 Å². The lowest BCUT2D eigenvalue weighted by molar-refractivity contribution is -0.704. The van der Waals surface area contributed by atoms with Crippen LogP contribution in [0.25, 0.3) is 0 Å². The van der Waals surface area contributed by atoms with E-state index in [1.165, 1.54) is 18.2 Å². The normalized spacial score (nSPS) is 12.0. The molecule has 1 amide bonds. The van der Waals surface area contributed by atoms with E-state index in [-0.39, 0.29) is 23.0 Å². The highest BCUT2D eigenvalue weighted by Crippen LogP contribution is 2.22. The van der Waals surface area contributed by atoms with E-state index in [0.717, 1.165) is 11.1 Å². The summed E-state index contributed by atoms with van der Waals surface area (Å²) < 4.78 is 13.2. The Morgan fingerprint density at radius 3 is 2.04 bits per heavy atom. The number of quaternary nitrogens is 1. The van der Waals surface area contributed by atoms with Crippen LogP contribution >= 0.6 is 11.6 Å². The number of carbonyl (C=O) groups excluding carboxylic acids is 1. The van der Waals surface area contributed by atoms with Crippen LogP contribution in [0.5, 0.6) is 0 Å². The summed E-state index contributed by atoms with van der Waals surface area (Å²) in [7, 11) is 0. The first-order chi connectivity index (χ1) is 13.0. The highest BCUT2D eigenvalue weighted by Gasteiger charge is 2.25. The molecular weight excluding hydrogens is 363 g/mol. The molecule has 1 atom stereocenters.